The van der Waals surface area contributed by atoms with Crippen molar-refractivity contribution < 1.29 is 4.39 Å². The summed E-state index contributed by atoms with van der Waals surface area (Å²) in [6.45, 7) is 6.47. The van der Waals surface area contributed by atoms with Gasteiger partial charge < -0.3 is 0 Å². The molecule has 0 bridgehead atoms. The van der Waals surface area contributed by atoms with Gasteiger partial charge in [0.1, 0.15) is 13.9 Å². The smallest absolute Gasteiger partial charge is 0.129 e. The molecule has 1 rings (SSSR count). The zero-order chi connectivity index (χ0) is 11.5. The minimum Gasteiger partial charge on any atom is -0.207 e. The van der Waals surface area contributed by atoms with Crippen LogP contribution in [0.1, 0.15) is 5.56 Å². The third-order valence-electron chi connectivity index (χ3n) is 1.79. The lowest BCUT2D eigenvalue weighted by Crippen LogP contribution is -2.16. The zero-order valence-corrected chi connectivity index (χ0v) is 11.0. The van der Waals surface area contributed by atoms with Crippen LogP contribution in [0.3, 0.4) is 0 Å². The number of halogens is 2. The van der Waals surface area contributed by atoms with E-state index in [9.17, 15) is 4.39 Å². The van der Waals surface area contributed by atoms with Crippen LogP contribution >= 0.6 is 11.6 Å². The van der Waals surface area contributed by atoms with E-state index in [1.165, 1.54) is 6.07 Å². The minimum atomic E-state index is -1.37. The molecule has 3 heteroatoms. The van der Waals surface area contributed by atoms with Crippen molar-refractivity contribution in [2.75, 3.05) is 0 Å². The molecular weight excluding hydrogens is 227 g/mol. The lowest BCUT2D eigenvalue weighted by Gasteiger charge is -2.04. The molecule has 0 amide bonds. The summed E-state index contributed by atoms with van der Waals surface area (Å²) >= 11 is 5.88. The van der Waals surface area contributed by atoms with Crippen molar-refractivity contribution in [3.8, 4) is 11.5 Å². The Morgan fingerprint density at radius 3 is 2.53 bits per heavy atom. The quantitative estimate of drug-likeness (QED) is 0.516. The van der Waals surface area contributed by atoms with Gasteiger partial charge in [0.15, 0.2) is 0 Å². The standard InChI is InChI=1S/C12H14ClFSi/c1-15(2,3)9-5-6-10-11(13)7-4-8-12(10)14/h4,7-8H,6H2,1-3H3. The predicted molar refractivity (Wildman–Crippen MR) is 66.2 cm³/mol. The summed E-state index contributed by atoms with van der Waals surface area (Å²) in [5.41, 5.74) is 3.69. The molecule has 0 aliphatic heterocycles. The molecule has 0 aliphatic rings. The van der Waals surface area contributed by atoms with Crippen LogP contribution < -0.4 is 0 Å². The first-order chi connectivity index (χ1) is 6.90. The summed E-state index contributed by atoms with van der Waals surface area (Å²) < 4.78 is 13.3. The van der Waals surface area contributed by atoms with E-state index < -0.39 is 8.07 Å². The van der Waals surface area contributed by atoms with Crippen LogP contribution in [-0.4, -0.2) is 8.07 Å². The fourth-order valence-electron chi connectivity index (χ4n) is 1.10. The maximum atomic E-state index is 13.3. The number of benzene rings is 1. The monoisotopic (exact) mass is 240 g/mol. The first kappa shape index (κ1) is 12.3. The molecule has 0 fully saturated rings. The van der Waals surface area contributed by atoms with Crippen LogP contribution in [0.25, 0.3) is 0 Å². The molecule has 15 heavy (non-hydrogen) atoms. The first-order valence-electron chi connectivity index (χ1n) is 4.83. The Bertz CT molecular complexity index is 390. The molecule has 0 N–H and O–H groups in total. The van der Waals surface area contributed by atoms with Crippen LogP contribution in [0.4, 0.5) is 4.39 Å². The fraction of sp³-hybridized carbons (Fsp3) is 0.333. The van der Waals surface area contributed by atoms with Gasteiger partial charge >= 0.3 is 0 Å². The van der Waals surface area contributed by atoms with E-state index >= 15 is 0 Å². The van der Waals surface area contributed by atoms with Crippen LogP contribution in [0.5, 0.6) is 0 Å². The fourth-order valence-corrected chi connectivity index (χ4v) is 1.95. The second-order valence-corrected chi connectivity index (χ2v) is 9.59. The van der Waals surface area contributed by atoms with Gasteiger partial charge in [-0.05, 0) is 12.1 Å². The Morgan fingerprint density at radius 2 is 2.00 bits per heavy atom. The maximum Gasteiger partial charge on any atom is 0.129 e. The Hall–Kier alpha value is -0.783. The predicted octanol–water partition coefficient (Wildman–Crippen LogP) is 3.90. The van der Waals surface area contributed by atoms with Gasteiger partial charge in [-0.15, -0.1) is 11.5 Å². The number of hydrogen-bond donors (Lipinski definition) is 0. The molecular formula is C12H14ClFSi. The highest BCUT2D eigenvalue weighted by molar-refractivity contribution is 6.83. The van der Waals surface area contributed by atoms with E-state index in [1.807, 2.05) is 0 Å². The lowest BCUT2D eigenvalue weighted by molar-refractivity contribution is 0.615. The van der Waals surface area contributed by atoms with E-state index in [2.05, 4.69) is 31.1 Å². The van der Waals surface area contributed by atoms with Crippen molar-refractivity contribution in [2.24, 2.45) is 0 Å². The van der Waals surface area contributed by atoms with Gasteiger partial charge in [-0.2, -0.15) is 0 Å². The summed E-state index contributed by atoms with van der Waals surface area (Å²) in [5, 5.41) is 0.458. The van der Waals surface area contributed by atoms with Crippen LogP contribution in [0.2, 0.25) is 24.7 Å². The van der Waals surface area contributed by atoms with Gasteiger partial charge in [-0.3, -0.25) is 0 Å². The van der Waals surface area contributed by atoms with E-state index in [-0.39, 0.29) is 5.82 Å². The normalized spacial score (nSPS) is 10.7. The summed E-state index contributed by atoms with van der Waals surface area (Å²) in [6.07, 6.45) is 0.399. The molecule has 0 nitrogen and oxygen atoms in total. The van der Waals surface area contributed by atoms with Crippen molar-refractivity contribution in [1.29, 1.82) is 0 Å². The van der Waals surface area contributed by atoms with Gasteiger partial charge in [0.2, 0.25) is 0 Å². The maximum absolute atomic E-state index is 13.3. The zero-order valence-electron chi connectivity index (χ0n) is 9.20. The van der Waals surface area contributed by atoms with Crippen LogP contribution in [0, 0.1) is 17.3 Å². The topological polar surface area (TPSA) is 0 Å². The van der Waals surface area contributed by atoms with Crippen molar-refractivity contribution >= 4 is 19.7 Å². The van der Waals surface area contributed by atoms with E-state index in [4.69, 9.17) is 11.6 Å². The third kappa shape index (κ3) is 4.07. The Kier molecular flexibility index (Phi) is 3.95. The number of rotatable bonds is 1. The van der Waals surface area contributed by atoms with Crippen molar-refractivity contribution in [2.45, 2.75) is 26.1 Å². The molecule has 1 aromatic rings. The summed E-state index contributed by atoms with van der Waals surface area (Å²) in [6, 6.07) is 4.71. The highest BCUT2D eigenvalue weighted by atomic mass is 35.5. The van der Waals surface area contributed by atoms with Gasteiger partial charge in [-0.25, -0.2) is 4.39 Å². The second-order valence-electron chi connectivity index (χ2n) is 4.43. The summed E-state index contributed by atoms with van der Waals surface area (Å²) in [7, 11) is -1.37. The molecule has 0 aromatic heterocycles. The molecule has 80 valence electrons. The Balaban J connectivity index is 2.85. The average molecular weight is 241 g/mol. The highest BCUT2D eigenvalue weighted by Crippen LogP contribution is 2.18. The summed E-state index contributed by atoms with van der Waals surface area (Å²) in [5.74, 6) is 2.74. The Labute approximate surface area is 96.5 Å². The number of hydrogen-bond acceptors (Lipinski definition) is 0. The second kappa shape index (κ2) is 4.83. The van der Waals surface area contributed by atoms with E-state index in [0.717, 1.165) is 0 Å². The molecule has 0 atom stereocenters. The van der Waals surface area contributed by atoms with Crippen molar-refractivity contribution in [3.05, 3.63) is 34.6 Å². The molecule has 1 aromatic carbocycles. The lowest BCUT2D eigenvalue weighted by atomic mass is 10.1. The third-order valence-corrected chi connectivity index (χ3v) is 3.07. The average Bonchev–Trinajstić information content (AvgIpc) is 2.08. The first-order valence-corrected chi connectivity index (χ1v) is 8.71. The van der Waals surface area contributed by atoms with Gasteiger partial charge in [-0.1, -0.05) is 37.3 Å². The molecule has 0 unspecified atom stereocenters. The SMILES string of the molecule is C[Si](C)(C)C#CCc1c(F)cccc1Cl. The van der Waals surface area contributed by atoms with Crippen LogP contribution in [0.15, 0.2) is 18.2 Å². The molecule has 0 heterocycles. The van der Waals surface area contributed by atoms with Crippen molar-refractivity contribution in [3.63, 3.8) is 0 Å². The minimum absolute atomic E-state index is 0.271. The molecule has 0 saturated heterocycles. The molecule has 0 saturated carbocycles. The molecule has 0 radical (unpaired) electrons. The van der Waals surface area contributed by atoms with Gasteiger partial charge in [0.05, 0.1) is 0 Å². The molecule has 0 spiro atoms. The van der Waals surface area contributed by atoms with E-state index in [1.54, 1.807) is 12.1 Å². The van der Waals surface area contributed by atoms with Gasteiger partial charge in [0.25, 0.3) is 0 Å². The van der Waals surface area contributed by atoms with Crippen molar-refractivity contribution in [1.82, 2.24) is 0 Å². The van der Waals surface area contributed by atoms with Gasteiger partial charge in [0, 0.05) is 17.0 Å². The molecule has 0 aliphatic carbocycles. The Morgan fingerprint density at radius 1 is 1.33 bits per heavy atom. The van der Waals surface area contributed by atoms with E-state index in [0.29, 0.717) is 17.0 Å². The summed E-state index contributed by atoms with van der Waals surface area (Å²) in [4.78, 5) is 0. The highest BCUT2D eigenvalue weighted by Gasteiger charge is 2.08. The van der Waals surface area contributed by atoms with Crippen LogP contribution in [-0.2, 0) is 6.42 Å². The largest absolute Gasteiger partial charge is 0.207 e.